The predicted molar refractivity (Wildman–Crippen MR) is 50.1 cm³/mol. The number of nitrogens with zero attached hydrogens (tertiary/aromatic N) is 2. The fourth-order valence-electron chi connectivity index (χ4n) is 0.950. The highest BCUT2D eigenvalue weighted by molar-refractivity contribution is 5.79. The molecule has 1 N–H and O–H groups in total. The summed E-state index contributed by atoms with van der Waals surface area (Å²) >= 11 is 0. The summed E-state index contributed by atoms with van der Waals surface area (Å²) in [5, 5.41) is 6.68. The molecule has 1 unspecified atom stereocenters. The summed E-state index contributed by atoms with van der Waals surface area (Å²) in [4.78, 5) is 11.4. The maximum Gasteiger partial charge on any atom is 0.244 e. The van der Waals surface area contributed by atoms with Crippen molar-refractivity contribution in [3.63, 3.8) is 0 Å². The zero-order valence-electron chi connectivity index (χ0n) is 7.60. The van der Waals surface area contributed by atoms with Gasteiger partial charge in [-0.15, -0.1) is 6.58 Å². The molecule has 0 aromatic carbocycles. The molecule has 0 aliphatic carbocycles. The Bertz CT molecular complexity index is 279. The van der Waals surface area contributed by atoms with E-state index in [2.05, 4.69) is 17.0 Å². The number of hydrogen-bond acceptors (Lipinski definition) is 2. The second-order valence-corrected chi connectivity index (χ2v) is 2.70. The minimum Gasteiger partial charge on any atom is -0.351 e. The Balaban J connectivity index is 2.52. The molecule has 1 aromatic rings. The van der Waals surface area contributed by atoms with Crippen LogP contribution in [0.15, 0.2) is 31.1 Å². The Morgan fingerprint density at radius 1 is 1.85 bits per heavy atom. The number of aromatic nitrogens is 2. The number of nitrogens with one attached hydrogen (secondary N) is 1. The Labute approximate surface area is 77.3 Å². The summed E-state index contributed by atoms with van der Waals surface area (Å²) in [7, 11) is 0. The molecule has 1 amide bonds. The van der Waals surface area contributed by atoms with Gasteiger partial charge in [-0.3, -0.25) is 9.48 Å². The predicted octanol–water partition coefficient (Wildman–Crippen LogP) is 0.746. The maximum atomic E-state index is 11.4. The summed E-state index contributed by atoms with van der Waals surface area (Å²) < 4.78 is 1.61. The third-order valence-electron chi connectivity index (χ3n) is 1.72. The molecule has 13 heavy (non-hydrogen) atoms. The van der Waals surface area contributed by atoms with Crippen molar-refractivity contribution < 1.29 is 4.79 Å². The van der Waals surface area contributed by atoms with Gasteiger partial charge in [0.2, 0.25) is 5.91 Å². The van der Waals surface area contributed by atoms with Gasteiger partial charge >= 0.3 is 0 Å². The van der Waals surface area contributed by atoms with Crippen molar-refractivity contribution in [2.24, 2.45) is 0 Å². The highest BCUT2D eigenvalue weighted by atomic mass is 16.2. The summed E-state index contributed by atoms with van der Waals surface area (Å²) in [5.41, 5.74) is 0. The van der Waals surface area contributed by atoms with E-state index in [-0.39, 0.29) is 11.9 Å². The van der Waals surface area contributed by atoms with Crippen molar-refractivity contribution in [2.75, 3.05) is 6.54 Å². The van der Waals surface area contributed by atoms with Crippen LogP contribution >= 0.6 is 0 Å². The van der Waals surface area contributed by atoms with Gasteiger partial charge in [-0.1, -0.05) is 6.08 Å². The van der Waals surface area contributed by atoms with Crippen LogP contribution in [0.1, 0.15) is 13.0 Å². The minimum absolute atomic E-state index is 0.0522. The van der Waals surface area contributed by atoms with Crippen LogP contribution in [-0.4, -0.2) is 22.2 Å². The van der Waals surface area contributed by atoms with Crippen LogP contribution in [0.2, 0.25) is 0 Å². The van der Waals surface area contributed by atoms with Crippen LogP contribution in [-0.2, 0) is 4.79 Å². The fourth-order valence-corrected chi connectivity index (χ4v) is 0.950. The van der Waals surface area contributed by atoms with Crippen molar-refractivity contribution in [3.05, 3.63) is 31.1 Å². The van der Waals surface area contributed by atoms with E-state index in [1.165, 1.54) is 0 Å². The van der Waals surface area contributed by atoms with Gasteiger partial charge in [0, 0.05) is 18.9 Å². The van der Waals surface area contributed by atoms with Crippen molar-refractivity contribution in [3.8, 4) is 0 Å². The summed E-state index contributed by atoms with van der Waals surface area (Å²) in [6, 6.07) is 1.52. The number of amides is 1. The number of carbonyl (C=O) groups is 1. The van der Waals surface area contributed by atoms with E-state index in [0.29, 0.717) is 6.54 Å². The van der Waals surface area contributed by atoms with Crippen LogP contribution < -0.4 is 5.32 Å². The SMILES string of the molecule is C=CCNC(=O)C(C)n1cccn1. The zero-order valence-corrected chi connectivity index (χ0v) is 7.60. The van der Waals surface area contributed by atoms with Gasteiger partial charge in [0.1, 0.15) is 6.04 Å². The summed E-state index contributed by atoms with van der Waals surface area (Å²) in [6.07, 6.45) is 5.06. The molecule has 1 heterocycles. The Kier molecular flexibility index (Phi) is 3.25. The average molecular weight is 179 g/mol. The molecular weight excluding hydrogens is 166 g/mol. The van der Waals surface area contributed by atoms with Crippen molar-refractivity contribution >= 4 is 5.91 Å². The normalized spacial score (nSPS) is 12.1. The molecule has 0 fully saturated rings. The summed E-state index contributed by atoms with van der Waals surface area (Å²) in [6.45, 7) is 5.81. The summed E-state index contributed by atoms with van der Waals surface area (Å²) in [5.74, 6) is -0.0522. The van der Waals surface area contributed by atoms with Gasteiger partial charge in [0.15, 0.2) is 0 Å². The molecule has 1 atom stereocenters. The highest BCUT2D eigenvalue weighted by Gasteiger charge is 2.12. The minimum atomic E-state index is -0.269. The highest BCUT2D eigenvalue weighted by Crippen LogP contribution is 2.01. The monoisotopic (exact) mass is 179 g/mol. The smallest absolute Gasteiger partial charge is 0.244 e. The molecular formula is C9H13N3O. The standard InChI is InChI=1S/C9H13N3O/c1-3-5-10-9(13)8(2)12-7-4-6-11-12/h3-4,6-8H,1,5H2,2H3,(H,10,13). The van der Waals surface area contributed by atoms with Gasteiger partial charge in [0.05, 0.1) is 0 Å². The molecule has 1 aromatic heterocycles. The molecule has 0 radical (unpaired) electrons. The fraction of sp³-hybridized carbons (Fsp3) is 0.333. The molecule has 4 heteroatoms. The molecule has 4 nitrogen and oxygen atoms in total. The Morgan fingerprint density at radius 3 is 3.15 bits per heavy atom. The van der Waals surface area contributed by atoms with Crippen molar-refractivity contribution in [1.29, 1.82) is 0 Å². The molecule has 0 saturated carbocycles. The van der Waals surface area contributed by atoms with E-state index in [0.717, 1.165) is 0 Å². The van der Waals surface area contributed by atoms with Crippen LogP contribution in [0, 0.1) is 0 Å². The second kappa shape index (κ2) is 4.45. The van der Waals surface area contributed by atoms with E-state index >= 15 is 0 Å². The van der Waals surface area contributed by atoms with E-state index in [9.17, 15) is 4.79 Å². The quantitative estimate of drug-likeness (QED) is 0.693. The van der Waals surface area contributed by atoms with Crippen LogP contribution in [0.5, 0.6) is 0 Å². The largest absolute Gasteiger partial charge is 0.351 e. The third kappa shape index (κ3) is 2.43. The first-order chi connectivity index (χ1) is 6.25. The van der Waals surface area contributed by atoms with Crippen LogP contribution in [0.4, 0.5) is 0 Å². The van der Waals surface area contributed by atoms with E-state index in [1.807, 2.05) is 0 Å². The molecule has 1 rings (SSSR count). The first-order valence-corrected chi connectivity index (χ1v) is 4.13. The third-order valence-corrected chi connectivity index (χ3v) is 1.72. The topological polar surface area (TPSA) is 46.9 Å². The van der Waals surface area contributed by atoms with Gasteiger partial charge < -0.3 is 5.32 Å². The van der Waals surface area contributed by atoms with Crippen LogP contribution in [0.25, 0.3) is 0 Å². The van der Waals surface area contributed by atoms with E-state index in [1.54, 1.807) is 36.1 Å². The molecule has 0 aliphatic heterocycles. The molecule has 0 spiro atoms. The maximum absolute atomic E-state index is 11.4. The first kappa shape index (κ1) is 9.51. The van der Waals surface area contributed by atoms with Gasteiger partial charge in [0.25, 0.3) is 0 Å². The van der Waals surface area contributed by atoms with E-state index < -0.39 is 0 Å². The first-order valence-electron chi connectivity index (χ1n) is 4.13. The average Bonchev–Trinajstić information content (AvgIpc) is 2.65. The van der Waals surface area contributed by atoms with Crippen LogP contribution in [0.3, 0.4) is 0 Å². The van der Waals surface area contributed by atoms with E-state index in [4.69, 9.17) is 0 Å². The van der Waals surface area contributed by atoms with Gasteiger partial charge in [-0.2, -0.15) is 5.10 Å². The Morgan fingerprint density at radius 2 is 2.62 bits per heavy atom. The van der Waals surface area contributed by atoms with Gasteiger partial charge in [-0.05, 0) is 13.0 Å². The molecule has 0 aliphatic rings. The lowest BCUT2D eigenvalue weighted by atomic mass is 10.3. The second-order valence-electron chi connectivity index (χ2n) is 2.70. The number of hydrogen-bond donors (Lipinski definition) is 1. The van der Waals surface area contributed by atoms with Gasteiger partial charge in [-0.25, -0.2) is 0 Å². The lowest BCUT2D eigenvalue weighted by molar-refractivity contribution is -0.123. The molecule has 0 saturated heterocycles. The Hall–Kier alpha value is -1.58. The lowest BCUT2D eigenvalue weighted by Crippen LogP contribution is -2.31. The number of rotatable bonds is 4. The lowest BCUT2D eigenvalue weighted by Gasteiger charge is -2.10. The van der Waals surface area contributed by atoms with Crippen molar-refractivity contribution in [1.82, 2.24) is 15.1 Å². The zero-order chi connectivity index (χ0) is 9.68. The molecule has 0 bridgehead atoms. The van der Waals surface area contributed by atoms with Crippen molar-refractivity contribution in [2.45, 2.75) is 13.0 Å². The molecule has 70 valence electrons. The number of carbonyl (C=O) groups excluding carboxylic acids is 1.